The van der Waals surface area contributed by atoms with Gasteiger partial charge in [0.2, 0.25) is 9.84 Å². The molecule has 3 fully saturated rings. The predicted molar refractivity (Wildman–Crippen MR) is 200 cm³/mol. The number of imidazole rings is 1. The molecule has 2 aliphatic heterocycles. The van der Waals surface area contributed by atoms with Crippen molar-refractivity contribution in [3.8, 4) is 0 Å². The number of piperidine rings is 1. The topological polar surface area (TPSA) is 96.8 Å². The van der Waals surface area contributed by atoms with E-state index in [-0.39, 0.29) is 23.7 Å². The van der Waals surface area contributed by atoms with Crippen LogP contribution in [0.3, 0.4) is 0 Å². The summed E-state index contributed by atoms with van der Waals surface area (Å²) >= 11 is 0. The molecule has 3 atom stereocenters. The van der Waals surface area contributed by atoms with Crippen molar-refractivity contribution < 1.29 is 22.3 Å². The second-order valence-electron chi connectivity index (χ2n) is 14.8. The van der Waals surface area contributed by atoms with Gasteiger partial charge in [-0.2, -0.15) is 0 Å². The fraction of sp³-hybridized carbons (Fsp3) is 0.463. The SMILES string of the molecule is CCc1nccn1C[C@@](c1cccc(F)c1)(C1CCN(CC2CN(c3ccc(S(=O)(=O)c4ccccc4)cc3)C2)CC1)[C@H]1CCC[C@@H]1NC(=O)OC. The maximum Gasteiger partial charge on any atom is 0.407 e. The number of hydrogen-bond acceptors (Lipinski definition) is 7. The fourth-order valence-electron chi connectivity index (χ4n) is 9.37. The number of amides is 1. The Morgan fingerprint density at radius 3 is 2.38 bits per heavy atom. The molecule has 0 unspecified atom stereocenters. The van der Waals surface area contributed by atoms with Gasteiger partial charge in [0, 0.05) is 68.1 Å². The van der Waals surface area contributed by atoms with E-state index in [2.05, 4.69) is 43.9 Å². The molecule has 1 aromatic heterocycles. The molecule has 4 aromatic rings. The number of likely N-dealkylation sites (tertiary alicyclic amines) is 1. The Kier molecular flexibility index (Phi) is 10.7. The quantitative estimate of drug-likeness (QED) is 0.173. The lowest BCUT2D eigenvalue weighted by Gasteiger charge is -2.51. The van der Waals surface area contributed by atoms with E-state index in [4.69, 9.17) is 4.74 Å². The van der Waals surface area contributed by atoms with Gasteiger partial charge in [-0.05, 0) is 105 Å². The van der Waals surface area contributed by atoms with E-state index in [9.17, 15) is 13.2 Å². The minimum atomic E-state index is -3.54. The lowest BCUT2D eigenvalue weighted by Crippen LogP contribution is -2.56. The first-order valence-electron chi connectivity index (χ1n) is 18.7. The van der Waals surface area contributed by atoms with Crippen molar-refractivity contribution in [3.05, 3.63) is 108 Å². The smallest absolute Gasteiger partial charge is 0.407 e. The highest BCUT2D eigenvalue weighted by molar-refractivity contribution is 7.91. The highest BCUT2D eigenvalue weighted by atomic mass is 32.2. The largest absolute Gasteiger partial charge is 0.453 e. The van der Waals surface area contributed by atoms with Gasteiger partial charge in [-0.15, -0.1) is 0 Å². The van der Waals surface area contributed by atoms with Crippen molar-refractivity contribution >= 4 is 21.6 Å². The van der Waals surface area contributed by atoms with Crippen molar-refractivity contribution in [2.24, 2.45) is 17.8 Å². The summed E-state index contributed by atoms with van der Waals surface area (Å²) in [5, 5.41) is 3.18. The van der Waals surface area contributed by atoms with Crippen LogP contribution < -0.4 is 10.2 Å². The molecule has 1 amide bonds. The number of rotatable bonds is 12. The van der Waals surface area contributed by atoms with Crippen LogP contribution in [0.25, 0.3) is 0 Å². The Hall–Kier alpha value is -4.22. The molecule has 3 aromatic carbocycles. The van der Waals surface area contributed by atoms with Gasteiger partial charge in [0.05, 0.1) is 16.9 Å². The molecule has 1 N–H and O–H groups in total. The number of alkyl carbamates (subject to hydrolysis) is 1. The first kappa shape index (κ1) is 36.2. The average molecular weight is 728 g/mol. The fourth-order valence-corrected chi connectivity index (χ4v) is 10.7. The average Bonchev–Trinajstić information content (AvgIpc) is 3.82. The van der Waals surface area contributed by atoms with Crippen molar-refractivity contribution in [2.45, 2.75) is 73.2 Å². The first-order valence-corrected chi connectivity index (χ1v) is 20.2. The Morgan fingerprint density at radius 1 is 0.962 bits per heavy atom. The van der Waals surface area contributed by atoms with Gasteiger partial charge in [0.1, 0.15) is 11.6 Å². The number of nitrogens with zero attached hydrogens (tertiary/aromatic N) is 4. The van der Waals surface area contributed by atoms with E-state index >= 15 is 4.39 Å². The second-order valence-corrected chi connectivity index (χ2v) is 16.8. The third-order valence-corrected chi connectivity index (χ3v) is 13.7. The van der Waals surface area contributed by atoms with Crippen LogP contribution in [0.15, 0.2) is 101 Å². The molecule has 276 valence electrons. The lowest BCUT2D eigenvalue weighted by molar-refractivity contribution is 0.0541. The van der Waals surface area contributed by atoms with Crippen molar-refractivity contribution in [2.75, 3.05) is 44.7 Å². The normalized spacial score (nSPS) is 21.4. The Bertz CT molecular complexity index is 1920. The van der Waals surface area contributed by atoms with Gasteiger partial charge in [-0.25, -0.2) is 22.6 Å². The van der Waals surface area contributed by atoms with Gasteiger partial charge in [0.25, 0.3) is 0 Å². The molecular weight excluding hydrogens is 678 g/mol. The summed E-state index contributed by atoms with van der Waals surface area (Å²) in [4.78, 5) is 22.7. The zero-order chi connectivity index (χ0) is 36.3. The number of hydrogen-bond donors (Lipinski definition) is 1. The number of ether oxygens (including phenoxy) is 1. The van der Waals surface area contributed by atoms with Crippen LogP contribution in [0.1, 0.15) is 50.4 Å². The molecule has 3 aliphatic rings. The summed E-state index contributed by atoms with van der Waals surface area (Å²) in [6, 6.07) is 22.9. The van der Waals surface area contributed by atoms with E-state index in [1.165, 1.54) is 13.2 Å². The minimum Gasteiger partial charge on any atom is -0.453 e. The van der Waals surface area contributed by atoms with E-state index < -0.39 is 21.3 Å². The Labute approximate surface area is 307 Å². The lowest BCUT2D eigenvalue weighted by atomic mass is 9.58. The number of aromatic nitrogens is 2. The minimum absolute atomic E-state index is 0.0733. The molecule has 1 saturated carbocycles. The van der Waals surface area contributed by atoms with Gasteiger partial charge >= 0.3 is 6.09 Å². The van der Waals surface area contributed by atoms with Crippen LogP contribution in [0.2, 0.25) is 0 Å². The third-order valence-electron chi connectivity index (χ3n) is 11.9. The number of aryl methyl sites for hydroxylation is 1. The molecule has 11 heteroatoms. The number of anilines is 1. The highest BCUT2D eigenvalue weighted by Crippen LogP contribution is 2.52. The Balaban J connectivity index is 1.06. The molecule has 2 saturated heterocycles. The molecule has 0 radical (unpaired) electrons. The second kappa shape index (κ2) is 15.4. The van der Waals surface area contributed by atoms with Crippen LogP contribution in [-0.2, 0) is 33.0 Å². The van der Waals surface area contributed by atoms with E-state index in [0.717, 1.165) is 88.3 Å². The standard InChI is InChI=1S/C41H50FN5O4S/c1-3-39-43-21-24-46(39)29-41(32-9-7-10-33(42)25-32,37-13-8-14-38(37)44-40(48)51-2)31-19-22-45(23-20-31)26-30-27-47(28-30)34-15-17-36(18-16-34)52(49,50)35-11-5-4-6-12-35/h4-7,9-12,15-18,21,24-25,30-31,37-38H,3,8,13-14,19-20,22-23,26-29H2,1-2H3,(H,44,48)/t37-,38-,41-/m0/s1. The van der Waals surface area contributed by atoms with Crippen LogP contribution in [-0.4, -0.2) is 74.8 Å². The summed E-state index contributed by atoms with van der Waals surface area (Å²) in [5.41, 5.74) is 1.62. The van der Waals surface area contributed by atoms with E-state index in [1.54, 1.807) is 42.5 Å². The van der Waals surface area contributed by atoms with Gasteiger partial charge in [-0.1, -0.05) is 43.7 Å². The van der Waals surface area contributed by atoms with Crippen LogP contribution in [0.4, 0.5) is 14.9 Å². The highest BCUT2D eigenvalue weighted by Gasteiger charge is 2.52. The third kappa shape index (κ3) is 7.22. The van der Waals surface area contributed by atoms with Crippen molar-refractivity contribution in [1.82, 2.24) is 19.8 Å². The Morgan fingerprint density at radius 2 is 1.69 bits per heavy atom. The van der Waals surface area contributed by atoms with Crippen LogP contribution in [0.5, 0.6) is 0 Å². The van der Waals surface area contributed by atoms with Crippen molar-refractivity contribution in [3.63, 3.8) is 0 Å². The number of sulfone groups is 1. The number of carbonyl (C=O) groups excluding carboxylic acids is 1. The van der Waals surface area contributed by atoms with Crippen LogP contribution >= 0.6 is 0 Å². The molecular formula is C41H50FN5O4S. The van der Waals surface area contributed by atoms with Crippen molar-refractivity contribution in [1.29, 1.82) is 0 Å². The summed E-state index contributed by atoms with van der Waals surface area (Å²) in [7, 11) is -2.13. The van der Waals surface area contributed by atoms with E-state index in [1.807, 2.05) is 30.5 Å². The molecule has 3 heterocycles. The molecule has 0 bridgehead atoms. The molecule has 1 aliphatic carbocycles. The number of carbonyl (C=O) groups is 1. The predicted octanol–water partition coefficient (Wildman–Crippen LogP) is 6.73. The summed E-state index contributed by atoms with van der Waals surface area (Å²) < 4.78 is 48.6. The number of benzene rings is 3. The van der Waals surface area contributed by atoms with Gasteiger partial charge < -0.3 is 24.4 Å². The monoisotopic (exact) mass is 727 g/mol. The van der Waals surface area contributed by atoms with E-state index in [0.29, 0.717) is 22.3 Å². The number of methoxy groups -OCH3 is 1. The maximum atomic E-state index is 15.1. The molecule has 9 nitrogen and oxygen atoms in total. The zero-order valence-electron chi connectivity index (χ0n) is 30.2. The summed E-state index contributed by atoms with van der Waals surface area (Å²) in [5.74, 6) is 1.67. The van der Waals surface area contributed by atoms with Gasteiger partial charge in [0.15, 0.2) is 0 Å². The first-order chi connectivity index (χ1) is 25.2. The van der Waals surface area contributed by atoms with Crippen LogP contribution in [0, 0.1) is 23.6 Å². The molecule has 52 heavy (non-hydrogen) atoms. The van der Waals surface area contributed by atoms with Gasteiger partial charge in [-0.3, -0.25) is 0 Å². The summed E-state index contributed by atoms with van der Waals surface area (Å²) in [6.45, 7) is 7.58. The molecule has 7 rings (SSSR count). The number of nitrogens with one attached hydrogen (secondary N) is 1. The zero-order valence-corrected chi connectivity index (χ0v) is 31.0. The molecule has 0 spiro atoms. The summed E-state index contributed by atoms with van der Waals surface area (Å²) in [6.07, 6.45) is 9.04. The number of halogens is 1. The maximum absolute atomic E-state index is 15.1.